The standard InChI is InChI=1S/C30H26ClF3N8O2/c1-15(28-36-11-17(12-37-28)16-6-7-16)38-23-9-25(43)41(2)26-19(23)4-3-5-21(26)39-22-8-24(40-27(31)20(22)10-35)29(44)42-13-18(14-42)30(32,33)34/h3-5,8-9,11-12,15-16,18,38H,6-7,13-14H2,1-2H3,(H,39,40). The average molecular weight is 623 g/mol. The number of nitriles is 1. The Bertz CT molecular complexity index is 1880. The van der Waals surface area contributed by atoms with Crippen LogP contribution in [0.4, 0.5) is 30.2 Å². The van der Waals surface area contributed by atoms with Gasteiger partial charge in [-0.1, -0.05) is 23.7 Å². The summed E-state index contributed by atoms with van der Waals surface area (Å²) in [5, 5.41) is 16.6. The third-order valence-corrected chi connectivity index (χ3v) is 8.24. The molecule has 1 saturated carbocycles. The van der Waals surface area contributed by atoms with Gasteiger partial charge in [-0.05, 0) is 43.4 Å². The minimum absolute atomic E-state index is 0.0725. The molecule has 0 spiro atoms. The second kappa shape index (κ2) is 11.1. The van der Waals surface area contributed by atoms with Gasteiger partial charge in [0.1, 0.15) is 28.3 Å². The van der Waals surface area contributed by atoms with Crippen LogP contribution in [0.3, 0.4) is 0 Å². The zero-order valence-electron chi connectivity index (χ0n) is 23.6. The van der Waals surface area contributed by atoms with Gasteiger partial charge >= 0.3 is 6.18 Å². The number of nitrogens with one attached hydrogen (secondary N) is 2. The van der Waals surface area contributed by atoms with E-state index in [0.29, 0.717) is 34.0 Å². The average Bonchev–Trinajstić information content (AvgIpc) is 3.80. The van der Waals surface area contributed by atoms with E-state index < -0.39 is 31.1 Å². The van der Waals surface area contributed by atoms with Crippen LogP contribution >= 0.6 is 11.6 Å². The van der Waals surface area contributed by atoms with Gasteiger partial charge in [0.2, 0.25) is 0 Å². The van der Waals surface area contributed by atoms with Gasteiger partial charge in [0, 0.05) is 49.7 Å². The lowest BCUT2D eigenvalue weighted by Gasteiger charge is -2.39. The summed E-state index contributed by atoms with van der Waals surface area (Å²) < 4.78 is 40.3. The second-order valence-electron chi connectivity index (χ2n) is 11.1. The van der Waals surface area contributed by atoms with Crippen molar-refractivity contribution in [3.05, 3.63) is 80.9 Å². The van der Waals surface area contributed by atoms with Crippen molar-refractivity contribution < 1.29 is 18.0 Å². The molecule has 1 saturated heterocycles. The minimum Gasteiger partial charge on any atom is -0.375 e. The van der Waals surface area contributed by atoms with Crippen LogP contribution in [0.2, 0.25) is 5.15 Å². The Morgan fingerprint density at radius 2 is 1.84 bits per heavy atom. The van der Waals surface area contributed by atoms with Crippen LogP contribution in [0.5, 0.6) is 0 Å². The number of anilines is 3. The fourth-order valence-corrected chi connectivity index (χ4v) is 5.47. The van der Waals surface area contributed by atoms with Gasteiger partial charge in [-0.3, -0.25) is 9.59 Å². The van der Waals surface area contributed by atoms with Gasteiger partial charge < -0.3 is 20.1 Å². The van der Waals surface area contributed by atoms with Crippen LogP contribution in [0.1, 0.15) is 59.2 Å². The number of halogens is 4. The molecule has 1 aliphatic carbocycles. The number of benzene rings is 1. The third kappa shape index (κ3) is 5.53. The van der Waals surface area contributed by atoms with Crippen molar-refractivity contribution in [3.8, 4) is 6.07 Å². The van der Waals surface area contributed by atoms with Crippen LogP contribution in [-0.4, -0.2) is 49.6 Å². The molecule has 2 fully saturated rings. The molecule has 4 heterocycles. The number of rotatable bonds is 7. The van der Waals surface area contributed by atoms with E-state index in [1.807, 2.05) is 31.5 Å². The molecule has 6 rings (SSSR count). The molecule has 1 unspecified atom stereocenters. The maximum Gasteiger partial charge on any atom is 0.395 e. The topological polar surface area (TPSA) is 129 Å². The SMILES string of the molecule is CC(Nc1cc(=O)n(C)c2c(Nc3cc(C(=O)N4CC(C(F)(F)F)C4)nc(Cl)c3C#N)cccc12)c1ncc(C2CC2)cn1. The highest BCUT2D eigenvalue weighted by molar-refractivity contribution is 6.31. The van der Waals surface area contributed by atoms with E-state index in [1.165, 1.54) is 16.7 Å². The van der Waals surface area contributed by atoms with Crippen molar-refractivity contribution in [2.75, 3.05) is 23.7 Å². The molecule has 14 heteroatoms. The van der Waals surface area contributed by atoms with Crippen molar-refractivity contribution in [1.82, 2.24) is 24.4 Å². The van der Waals surface area contributed by atoms with Gasteiger partial charge in [-0.15, -0.1) is 0 Å². The number of amides is 1. The van der Waals surface area contributed by atoms with Crippen molar-refractivity contribution in [1.29, 1.82) is 5.26 Å². The quantitative estimate of drug-likeness (QED) is 0.252. The minimum atomic E-state index is -4.40. The molecule has 3 aromatic heterocycles. The lowest BCUT2D eigenvalue weighted by Crippen LogP contribution is -2.55. The van der Waals surface area contributed by atoms with Crippen molar-refractivity contribution in [2.24, 2.45) is 13.0 Å². The molecule has 4 aromatic rings. The Labute approximate surface area is 254 Å². The number of nitrogens with zero attached hydrogens (tertiary/aromatic N) is 6. The van der Waals surface area contributed by atoms with Crippen LogP contribution < -0.4 is 16.2 Å². The Morgan fingerprint density at radius 1 is 1.14 bits per heavy atom. The zero-order chi connectivity index (χ0) is 31.3. The first-order chi connectivity index (χ1) is 20.9. The first-order valence-electron chi connectivity index (χ1n) is 13.9. The number of alkyl halides is 3. The van der Waals surface area contributed by atoms with Crippen molar-refractivity contribution in [2.45, 2.75) is 37.9 Å². The zero-order valence-corrected chi connectivity index (χ0v) is 24.4. The number of aromatic nitrogens is 4. The molecule has 0 bridgehead atoms. The Kier molecular flexibility index (Phi) is 7.41. The van der Waals surface area contributed by atoms with E-state index in [0.717, 1.165) is 23.3 Å². The Hall–Kier alpha value is -4.70. The predicted molar refractivity (Wildman–Crippen MR) is 158 cm³/mol. The van der Waals surface area contributed by atoms with E-state index in [9.17, 15) is 28.0 Å². The number of hydrogen-bond donors (Lipinski definition) is 2. The van der Waals surface area contributed by atoms with Gasteiger partial charge in [-0.2, -0.15) is 18.4 Å². The highest BCUT2D eigenvalue weighted by atomic mass is 35.5. The second-order valence-corrected chi connectivity index (χ2v) is 11.4. The van der Waals surface area contributed by atoms with E-state index in [1.54, 1.807) is 19.2 Å². The summed E-state index contributed by atoms with van der Waals surface area (Å²) in [6.07, 6.45) is 1.57. The summed E-state index contributed by atoms with van der Waals surface area (Å²) in [5.74, 6) is -1.24. The fourth-order valence-electron chi connectivity index (χ4n) is 5.23. The summed E-state index contributed by atoms with van der Waals surface area (Å²) in [6, 6.07) is 9.65. The molecule has 226 valence electrons. The molecule has 10 nitrogen and oxygen atoms in total. The van der Waals surface area contributed by atoms with E-state index in [2.05, 4.69) is 25.6 Å². The molecule has 1 atom stereocenters. The van der Waals surface area contributed by atoms with E-state index in [-0.39, 0.29) is 33.7 Å². The molecule has 1 amide bonds. The Balaban J connectivity index is 1.32. The molecule has 2 N–H and O–H groups in total. The smallest absolute Gasteiger partial charge is 0.375 e. The lowest BCUT2D eigenvalue weighted by atomic mass is 9.99. The normalized spacial score (nSPS) is 15.9. The first-order valence-corrected chi connectivity index (χ1v) is 14.3. The van der Waals surface area contributed by atoms with E-state index in [4.69, 9.17) is 11.6 Å². The van der Waals surface area contributed by atoms with Gasteiger partial charge in [-0.25, -0.2) is 15.0 Å². The Morgan fingerprint density at radius 3 is 2.48 bits per heavy atom. The maximum absolute atomic E-state index is 13.1. The summed E-state index contributed by atoms with van der Waals surface area (Å²) in [6.45, 7) is 0.919. The molecular weight excluding hydrogens is 597 g/mol. The van der Waals surface area contributed by atoms with Crippen molar-refractivity contribution >= 4 is 45.5 Å². The van der Waals surface area contributed by atoms with E-state index >= 15 is 0 Å². The van der Waals surface area contributed by atoms with Crippen LogP contribution in [0, 0.1) is 17.2 Å². The monoisotopic (exact) mass is 622 g/mol. The summed E-state index contributed by atoms with van der Waals surface area (Å²) >= 11 is 6.26. The molecular formula is C30H26ClF3N8O2. The van der Waals surface area contributed by atoms with Gasteiger partial charge in [0.05, 0.1) is 28.9 Å². The summed E-state index contributed by atoms with van der Waals surface area (Å²) in [7, 11) is 1.60. The summed E-state index contributed by atoms with van der Waals surface area (Å²) in [4.78, 5) is 40.1. The van der Waals surface area contributed by atoms with Gasteiger partial charge in [0.15, 0.2) is 0 Å². The number of para-hydroxylation sites is 1. The number of hydrogen-bond acceptors (Lipinski definition) is 8. The largest absolute Gasteiger partial charge is 0.395 e. The molecule has 0 radical (unpaired) electrons. The predicted octanol–water partition coefficient (Wildman–Crippen LogP) is 5.68. The maximum atomic E-state index is 13.1. The van der Waals surface area contributed by atoms with Crippen LogP contribution in [-0.2, 0) is 7.05 Å². The molecule has 1 aromatic carbocycles. The number of likely N-dealkylation sites (tertiary alicyclic amines) is 1. The summed E-state index contributed by atoms with van der Waals surface area (Å²) in [5.41, 5.74) is 2.07. The van der Waals surface area contributed by atoms with Crippen LogP contribution in [0.25, 0.3) is 10.9 Å². The lowest BCUT2D eigenvalue weighted by molar-refractivity contribution is -0.202. The third-order valence-electron chi connectivity index (χ3n) is 7.97. The molecule has 2 aliphatic rings. The highest BCUT2D eigenvalue weighted by Gasteiger charge is 2.49. The van der Waals surface area contributed by atoms with Crippen LogP contribution in [0.15, 0.2) is 47.5 Å². The van der Waals surface area contributed by atoms with Crippen molar-refractivity contribution in [3.63, 3.8) is 0 Å². The number of pyridine rings is 2. The first kappa shape index (κ1) is 29.4. The number of fused-ring (bicyclic) bond motifs is 1. The molecule has 44 heavy (non-hydrogen) atoms. The number of carbonyl (C=O) groups is 1. The number of carbonyl (C=O) groups excluding carboxylic acids is 1. The molecule has 1 aliphatic heterocycles. The fraction of sp³-hybridized carbons (Fsp3) is 0.333. The highest BCUT2D eigenvalue weighted by Crippen LogP contribution is 2.40. The number of aryl methyl sites for hydroxylation is 1. The van der Waals surface area contributed by atoms with Gasteiger partial charge in [0.25, 0.3) is 11.5 Å².